The monoisotopic (exact) mass is 466 g/mol. The molecule has 0 aliphatic carbocycles. The number of aryl methyl sites for hydroxylation is 3. The molecule has 0 amide bonds. The summed E-state index contributed by atoms with van der Waals surface area (Å²) in [5.74, 6) is 1.03. The molecule has 0 N–H and O–H groups in total. The molecule has 0 radical (unpaired) electrons. The number of hydrogen-bond acceptors (Lipinski definition) is 6. The molecule has 0 unspecified atom stereocenters. The number of methoxy groups -OCH3 is 3. The van der Waals surface area contributed by atoms with Gasteiger partial charge in [0.25, 0.3) is 10.0 Å². The van der Waals surface area contributed by atoms with Gasteiger partial charge in [0.15, 0.2) is 11.5 Å². The van der Waals surface area contributed by atoms with Crippen LogP contribution in [0.4, 0.5) is 11.4 Å². The number of rotatable bonds is 7. The molecule has 0 saturated carbocycles. The first-order chi connectivity index (χ1) is 15.7. The van der Waals surface area contributed by atoms with Crippen LogP contribution in [0.3, 0.4) is 0 Å². The third kappa shape index (κ3) is 4.45. The predicted molar refractivity (Wildman–Crippen MR) is 127 cm³/mol. The van der Waals surface area contributed by atoms with Gasteiger partial charge in [-0.25, -0.2) is 12.7 Å². The zero-order chi connectivity index (χ0) is 24.3. The van der Waals surface area contributed by atoms with Crippen LogP contribution in [0, 0.1) is 32.1 Å². The van der Waals surface area contributed by atoms with Crippen molar-refractivity contribution in [3.05, 3.63) is 70.8 Å². The molecule has 0 aromatic heterocycles. The molecule has 0 fully saturated rings. The Hall–Kier alpha value is -3.70. The van der Waals surface area contributed by atoms with Crippen molar-refractivity contribution < 1.29 is 22.6 Å². The molecule has 7 nitrogen and oxygen atoms in total. The van der Waals surface area contributed by atoms with E-state index in [0.717, 1.165) is 5.56 Å². The Morgan fingerprint density at radius 3 is 1.88 bits per heavy atom. The van der Waals surface area contributed by atoms with Crippen molar-refractivity contribution >= 4 is 21.4 Å². The summed E-state index contributed by atoms with van der Waals surface area (Å²) < 4.78 is 45.6. The van der Waals surface area contributed by atoms with Crippen LogP contribution >= 0.6 is 0 Å². The van der Waals surface area contributed by atoms with Gasteiger partial charge in [-0.3, -0.25) is 0 Å². The molecular formula is C25H26N2O5S. The molecule has 0 atom stereocenters. The number of sulfonamides is 1. The lowest BCUT2D eigenvalue weighted by Crippen LogP contribution is -2.27. The molecule has 0 aliphatic rings. The number of nitriles is 1. The maximum Gasteiger partial charge on any atom is 0.268 e. The standard InChI is InChI=1S/C25H26N2O5S/c1-16-7-9-20(10-8-16)33(28,29)27(21-12-17(2)19(15-26)11-18(21)3)22-13-24(31-5)25(32-6)14-23(22)30-4/h7-14H,1-6H3. The maximum atomic E-state index is 14.0. The quantitative estimate of drug-likeness (QED) is 0.485. The van der Waals surface area contributed by atoms with E-state index in [9.17, 15) is 13.7 Å². The lowest BCUT2D eigenvalue weighted by molar-refractivity contribution is 0.349. The second kappa shape index (κ2) is 9.43. The van der Waals surface area contributed by atoms with E-state index in [0.29, 0.717) is 33.9 Å². The van der Waals surface area contributed by atoms with Crippen LogP contribution in [0.25, 0.3) is 0 Å². The Balaban J connectivity index is 2.41. The van der Waals surface area contributed by atoms with E-state index >= 15 is 0 Å². The van der Waals surface area contributed by atoms with Gasteiger partial charge in [0.2, 0.25) is 0 Å². The highest BCUT2D eigenvalue weighted by Gasteiger charge is 2.32. The van der Waals surface area contributed by atoms with E-state index in [-0.39, 0.29) is 16.3 Å². The molecule has 0 aliphatic heterocycles. The fourth-order valence-electron chi connectivity index (χ4n) is 3.52. The minimum absolute atomic E-state index is 0.117. The summed E-state index contributed by atoms with van der Waals surface area (Å²) >= 11 is 0. The van der Waals surface area contributed by atoms with E-state index in [1.54, 1.807) is 62.4 Å². The topological polar surface area (TPSA) is 88.9 Å². The van der Waals surface area contributed by atoms with E-state index in [1.165, 1.54) is 25.6 Å². The van der Waals surface area contributed by atoms with Crippen molar-refractivity contribution in [1.29, 1.82) is 5.26 Å². The van der Waals surface area contributed by atoms with Crippen LogP contribution in [-0.4, -0.2) is 29.7 Å². The fraction of sp³-hybridized carbons (Fsp3) is 0.240. The Kier molecular flexibility index (Phi) is 6.84. The number of anilines is 2. The molecule has 0 heterocycles. The van der Waals surface area contributed by atoms with Crippen molar-refractivity contribution in [1.82, 2.24) is 0 Å². The Morgan fingerprint density at radius 1 is 0.758 bits per heavy atom. The van der Waals surface area contributed by atoms with Gasteiger partial charge < -0.3 is 14.2 Å². The molecular weight excluding hydrogens is 440 g/mol. The second-order valence-corrected chi connectivity index (χ2v) is 9.31. The molecule has 33 heavy (non-hydrogen) atoms. The Labute approximate surface area is 194 Å². The number of nitrogens with zero attached hydrogens (tertiary/aromatic N) is 2. The van der Waals surface area contributed by atoms with Gasteiger partial charge in [0.1, 0.15) is 11.4 Å². The molecule has 3 rings (SSSR count). The molecule has 0 spiro atoms. The average molecular weight is 467 g/mol. The van der Waals surface area contributed by atoms with Crippen molar-refractivity contribution in [2.75, 3.05) is 25.6 Å². The molecule has 8 heteroatoms. The number of hydrogen-bond donors (Lipinski definition) is 0. The van der Waals surface area contributed by atoms with Gasteiger partial charge in [-0.2, -0.15) is 5.26 Å². The number of ether oxygens (including phenoxy) is 3. The highest BCUT2D eigenvalue weighted by Crippen LogP contribution is 2.45. The van der Waals surface area contributed by atoms with Crippen molar-refractivity contribution in [2.24, 2.45) is 0 Å². The van der Waals surface area contributed by atoms with Gasteiger partial charge >= 0.3 is 0 Å². The average Bonchev–Trinajstić information content (AvgIpc) is 2.80. The normalized spacial score (nSPS) is 10.9. The molecule has 0 bridgehead atoms. The Morgan fingerprint density at radius 2 is 1.33 bits per heavy atom. The van der Waals surface area contributed by atoms with E-state index in [1.807, 2.05) is 6.92 Å². The summed E-state index contributed by atoms with van der Waals surface area (Å²) in [6.45, 7) is 5.42. The summed E-state index contributed by atoms with van der Waals surface area (Å²) in [7, 11) is 0.339. The van der Waals surface area contributed by atoms with Crippen LogP contribution in [0.2, 0.25) is 0 Å². The van der Waals surface area contributed by atoms with Crippen LogP contribution in [0.5, 0.6) is 17.2 Å². The van der Waals surface area contributed by atoms with Crippen LogP contribution in [-0.2, 0) is 10.0 Å². The van der Waals surface area contributed by atoms with Gasteiger partial charge in [-0.1, -0.05) is 17.7 Å². The summed E-state index contributed by atoms with van der Waals surface area (Å²) in [6, 6.07) is 15.3. The van der Waals surface area contributed by atoms with Gasteiger partial charge in [0, 0.05) is 12.1 Å². The fourth-order valence-corrected chi connectivity index (χ4v) is 5.06. The molecule has 172 valence electrons. The summed E-state index contributed by atoms with van der Waals surface area (Å²) in [5.41, 5.74) is 3.34. The van der Waals surface area contributed by atoms with E-state index < -0.39 is 10.0 Å². The number of benzene rings is 3. The lowest BCUT2D eigenvalue weighted by Gasteiger charge is -2.29. The predicted octanol–water partition coefficient (Wildman–Crippen LogP) is 5.04. The molecule has 3 aromatic carbocycles. The third-order valence-corrected chi connectivity index (χ3v) is 7.09. The molecule has 3 aromatic rings. The van der Waals surface area contributed by atoms with Crippen molar-refractivity contribution in [3.63, 3.8) is 0 Å². The first kappa shape index (κ1) is 24.0. The van der Waals surface area contributed by atoms with Gasteiger partial charge in [0.05, 0.1) is 43.5 Å². The van der Waals surface area contributed by atoms with Crippen molar-refractivity contribution in [3.8, 4) is 23.3 Å². The SMILES string of the molecule is COc1cc(OC)c(N(c2cc(C)c(C#N)cc2C)S(=O)(=O)c2ccc(C)cc2)cc1OC. The van der Waals surface area contributed by atoms with E-state index in [4.69, 9.17) is 14.2 Å². The van der Waals surface area contributed by atoms with Crippen LogP contribution in [0.15, 0.2) is 53.4 Å². The summed E-state index contributed by atoms with van der Waals surface area (Å²) in [6.07, 6.45) is 0. The third-order valence-electron chi connectivity index (χ3n) is 5.35. The Bertz CT molecular complexity index is 1330. The van der Waals surface area contributed by atoms with Gasteiger partial charge in [-0.15, -0.1) is 0 Å². The van der Waals surface area contributed by atoms with Gasteiger partial charge in [-0.05, 0) is 56.2 Å². The summed E-state index contributed by atoms with van der Waals surface area (Å²) in [4.78, 5) is 0.117. The minimum Gasteiger partial charge on any atom is -0.494 e. The smallest absolute Gasteiger partial charge is 0.268 e. The van der Waals surface area contributed by atoms with Crippen LogP contribution < -0.4 is 18.5 Å². The minimum atomic E-state index is -4.09. The highest BCUT2D eigenvalue weighted by molar-refractivity contribution is 7.93. The zero-order valence-electron chi connectivity index (χ0n) is 19.5. The first-order valence-electron chi connectivity index (χ1n) is 10.1. The lowest BCUT2D eigenvalue weighted by atomic mass is 10.0. The van der Waals surface area contributed by atoms with Crippen molar-refractivity contribution in [2.45, 2.75) is 25.7 Å². The second-order valence-electron chi connectivity index (χ2n) is 7.53. The largest absolute Gasteiger partial charge is 0.494 e. The summed E-state index contributed by atoms with van der Waals surface area (Å²) in [5, 5.41) is 9.43. The molecule has 0 saturated heterocycles. The highest BCUT2D eigenvalue weighted by atomic mass is 32.2. The van der Waals surface area contributed by atoms with Crippen LogP contribution in [0.1, 0.15) is 22.3 Å². The maximum absolute atomic E-state index is 14.0. The first-order valence-corrected chi connectivity index (χ1v) is 11.5. The van der Waals surface area contributed by atoms with E-state index in [2.05, 4.69) is 6.07 Å². The zero-order valence-corrected chi connectivity index (χ0v) is 20.3.